The molecule has 1 amide bonds. The van der Waals surface area contributed by atoms with E-state index >= 15 is 0 Å². The van der Waals surface area contributed by atoms with Crippen LogP contribution in [0.15, 0.2) is 71.6 Å². The minimum atomic E-state index is -3.61. The molecule has 1 aliphatic heterocycles. The highest BCUT2D eigenvalue weighted by molar-refractivity contribution is 7.89. The Morgan fingerprint density at radius 1 is 0.935 bits per heavy atom. The van der Waals surface area contributed by atoms with Crippen LogP contribution in [0.1, 0.15) is 6.92 Å². The fourth-order valence-electron chi connectivity index (χ4n) is 3.79. The van der Waals surface area contributed by atoms with Crippen molar-refractivity contribution >= 4 is 32.4 Å². The number of halogens is 1. The van der Waals surface area contributed by atoms with Crippen molar-refractivity contribution in [3.05, 3.63) is 72.5 Å². The number of amides is 1. The molecule has 0 radical (unpaired) electrons. The Labute approximate surface area is 181 Å². The van der Waals surface area contributed by atoms with Crippen molar-refractivity contribution in [3.8, 4) is 0 Å². The number of fused-ring (bicyclic) bond motifs is 1. The third kappa shape index (κ3) is 4.61. The van der Waals surface area contributed by atoms with Gasteiger partial charge in [0.25, 0.3) is 0 Å². The molecular formula is C23H24FN3O3S. The van der Waals surface area contributed by atoms with Crippen LogP contribution < -0.4 is 5.32 Å². The van der Waals surface area contributed by atoms with Crippen LogP contribution in [-0.4, -0.2) is 55.8 Å². The minimum absolute atomic E-state index is 0.253. The Morgan fingerprint density at radius 3 is 2.35 bits per heavy atom. The van der Waals surface area contributed by atoms with Gasteiger partial charge in [0.2, 0.25) is 15.9 Å². The van der Waals surface area contributed by atoms with Gasteiger partial charge in [-0.15, -0.1) is 0 Å². The molecule has 0 spiro atoms. The third-order valence-electron chi connectivity index (χ3n) is 5.65. The van der Waals surface area contributed by atoms with Gasteiger partial charge < -0.3 is 5.32 Å². The smallest absolute Gasteiger partial charge is 0.243 e. The molecule has 0 aromatic heterocycles. The molecule has 31 heavy (non-hydrogen) atoms. The van der Waals surface area contributed by atoms with Crippen molar-refractivity contribution in [2.45, 2.75) is 17.9 Å². The molecule has 1 fully saturated rings. The van der Waals surface area contributed by atoms with Crippen LogP contribution in [0, 0.1) is 5.82 Å². The summed E-state index contributed by atoms with van der Waals surface area (Å²) in [5.41, 5.74) is 0.398. The first-order chi connectivity index (χ1) is 14.8. The second kappa shape index (κ2) is 8.74. The first-order valence-electron chi connectivity index (χ1n) is 10.1. The molecule has 1 saturated heterocycles. The zero-order valence-electron chi connectivity index (χ0n) is 17.2. The fraction of sp³-hybridized carbons (Fsp3) is 0.261. The summed E-state index contributed by atoms with van der Waals surface area (Å²) in [4.78, 5) is 14.7. The standard InChI is InChI=1S/C23H24FN3O3S/c1-17(23(28)25-21-8-4-7-20(24)16-21)26-11-13-27(14-12-26)31(29,30)22-10-9-18-5-2-3-6-19(18)15-22/h2-10,15-17H,11-14H2,1H3,(H,25,28). The Morgan fingerprint density at radius 2 is 1.65 bits per heavy atom. The first kappa shape index (κ1) is 21.4. The van der Waals surface area contributed by atoms with Crippen molar-refractivity contribution in [1.82, 2.24) is 9.21 Å². The van der Waals surface area contributed by atoms with Crippen molar-refractivity contribution in [3.63, 3.8) is 0 Å². The molecule has 8 heteroatoms. The summed E-state index contributed by atoms with van der Waals surface area (Å²) in [6.45, 7) is 3.23. The van der Waals surface area contributed by atoms with Gasteiger partial charge in [-0.25, -0.2) is 12.8 Å². The number of hydrogen-bond donors (Lipinski definition) is 1. The molecule has 1 N–H and O–H groups in total. The number of hydrogen-bond acceptors (Lipinski definition) is 4. The molecule has 162 valence electrons. The van der Waals surface area contributed by atoms with Gasteiger partial charge in [0.05, 0.1) is 10.9 Å². The van der Waals surface area contributed by atoms with Gasteiger partial charge >= 0.3 is 0 Å². The number of nitrogens with zero attached hydrogens (tertiary/aromatic N) is 2. The number of carbonyl (C=O) groups excluding carboxylic acids is 1. The lowest BCUT2D eigenvalue weighted by Gasteiger charge is -2.36. The number of piperazine rings is 1. The maximum atomic E-state index is 13.3. The SMILES string of the molecule is CC(C(=O)Nc1cccc(F)c1)N1CCN(S(=O)(=O)c2ccc3ccccc3c2)CC1. The molecule has 0 saturated carbocycles. The molecular weight excluding hydrogens is 417 g/mol. The predicted octanol–water partition coefficient (Wildman–Crippen LogP) is 3.31. The van der Waals surface area contributed by atoms with E-state index in [1.807, 2.05) is 35.2 Å². The summed E-state index contributed by atoms with van der Waals surface area (Å²) in [7, 11) is -3.61. The second-order valence-electron chi connectivity index (χ2n) is 7.62. The summed E-state index contributed by atoms with van der Waals surface area (Å²) in [6.07, 6.45) is 0. The lowest BCUT2D eigenvalue weighted by atomic mass is 10.1. The summed E-state index contributed by atoms with van der Waals surface area (Å²) in [5.74, 6) is -0.672. The van der Waals surface area contributed by atoms with E-state index in [4.69, 9.17) is 0 Å². The molecule has 0 aliphatic carbocycles. The number of benzene rings is 3. The Kier molecular flexibility index (Phi) is 6.04. The van der Waals surface area contributed by atoms with E-state index in [0.717, 1.165) is 10.8 Å². The van der Waals surface area contributed by atoms with Crippen molar-refractivity contribution in [1.29, 1.82) is 0 Å². The molecule has 1 aliphatic rings. The predicted molar refractivity (Wildman–Crippen MR) is 119 cm³/mol. The van der Waals surface area contributed by atoms with E-state index < -0.39 is 21.9 Å². The highest BCUT2D eigenvalue weighted by atomic mass is 32.2. The number of carbonyl (C=O) groups is 1. The lowest BCUT2D eigenvalue weighted by molar-refractivity contribution is -0.121. The molecule has 1 atom stereocenters. The van der Waals surface area contributed by atoms with Gasteiger partial charge in [0.1, 0.15) is 5.82 Å². The third-order valence-corrected chi connectivity index (χ3v) is 7.55. The average Bonchev–Trinajstić information content (AvgIpc) is 2.78. The van der Waals surface area contributed by atoms with Crippen LogP contribution in [0.2, 0.25) is 0 Å². The van der Waals surface area contributed by atoms with E-state index in [-0.39, 0.29) is 10.8 Å². The molecule has 4 rings (SSSR count). The number of anilines is 1. The van der Waals surface area contributed by atoms with Gasteiger partial charge in [-0.3, -0.25) is 9.69 Å². The monoisotopic (exact) mass is 441 g/mol. The highest BCUT2D eigenvalue weighted by Gasteiger charge is 2.32. The summed E-state index contributed by atoms with van der Waals surface area (Å²) in [5, 5.41) is 4.58. The van der Waals surface area contributed by atoms with Gasteiger partial charge in [-0.1, -0.05) is 36.4 Å². The summed E-state index contributed by atoms with van der Waals surface area (Å²) in [6, 6.07) is 18.1. The number of sulfonamides is 1. The second-order valence-corrected chi connectivity index (χ2v) is 9.56. The molecule has 3 aromatic rings. The Balaban J connectivity index is 1.40. The molecule has 0 bridgehead atoms. The molecule has 3 aromatic carbocycles. The van der Waals surface area contributed by atoms with Crippen molar-refractivity contribution in [2.24, 2.45) is 0 Å². The van der Waals surface area contributed by atoms with Crippen molar-refractivity contribution < 1.29 is 17.6 Å². The molecule has 6 nitrogen and oxygen atoms in total. The van der Waals surface area contributed by atoms with E-state index in [2.05, 4.69) is 5.32 Å². The molecule has 1 unspecified atom stereocenters. The minimum Gasteiger partial charge on any atom is -0.325 e. The van der Waals surface area contributed by atoms with Crippen LogP contribution in [0.5, 0.6) is 0 Å². The van der Waals surface area contributed by atoms with Crippen LogP contribution in [0.25, 0.3) is 10.8 Å². The fourth-order valence-corrected chi connectivity index (χ4v) is 5.24. The van der Waals surface area contributed by atoms with Crippen LogP contribution in [0.3, 0.4) is 0 Å². The van der Waals surface area contributed by atoms with Crippen molar-refractivity contribution in [2.75, 3.05) is 31.5 Å². The zero-order valence-corrected chi connectivity index (χ0v) is 18.0. The van der Waals surface area contributed by atoms with Crippen LogP contribution in [-0.2, 0) is 14.8 Å². The lowest BCUT2D eigenvalue weighted by Crippen LogP contribution is -2.53. The normalized spacial score (nSPS) is 16.8. The molecule has 1 heterocycles. The van der Waals surface area contributed by atoms with Gasteiger partial charge in [-0.05, 0) is 48.0 Å². The summed E-state index contributed by atoms with van der Waals surface area (Å²) >= 11 is 0. The number of rotatable bonds is 5. The van der Waals surface area contributed by atoms with E-state index in [0.29, 0.717) is 31.9 Å². The van der Waals surface area contributed by atoms with E-state index in [9.17, 15) is 17.6 Å². The number of nitrogens with one attached hydrogen (secondary N) is 1. The van der Waals surface area contributed by atoms with Gasteiger partial charge in [0.15, 0.2) is 0 Å². The van der Waals surface area contributed by atoms with E-state index in [1.54, 1.807) is 25.1 Å². The van der Waals surface area contributed by atoms with Gasteiger partial charge in [0, 0.05) is 31.9 Å². The maximum Gasteiger partial charge on any atom is 0.243 e. The van der Waals surface area contributed by atoms with Gasteiger partial charge in [-0.2, -0.15) is 4.31 Å². The average molecular weight is 442 g/mol. The quantitative estimate of drug-likeness (QED) is 0.660. The Bertz CT molecular complexity index is 1210. The summed E-state index contributed by atoms with van der Waals surface area (Å²) < 4.78 is 41.0. The van der Waals surface area contributed by atoms with Crippen LogP contribution in [0.4, 0.5) is 10.1 Å². The van der Waals surface area contributed by atoms with E-state index in [1.165, 1.54) is 22.5 Å². The zero-order chi connectivity index (χ0) is 22.0. The largest absolute Gasteiger partial charge is 0.325 e. The first-order valence-corrected chi connectivity index (χ1v) is 11.6. The van der Waals surface area contributed by atoms with Crippen LogP contribution >= 0.6 is 0 Å². The topological polar surface area (TPSA) is 69.7 Å². The Hall–Kier alpha value is -2.81. The maximum absolute atomic E-state index is 13.3. The highest BCUT2D eigenvalue weighted by Crippen LogP contribution is 2.23.